The van der Waals surface area contributed by atoms with E-state index in [0.29, 0.717) is 5.88 Å². The van der Waals surface area contributed by atoms with Crippen molar-refractivity contribution in [2.75, 3.05) is 7.11 Å². The summed E-state index contributed by atoms with van der Waals surface area (Å²) in [6.45, 7) is 4.19. The highest BCUT2D eigenvalue weighted by Gasteiger charge is 2.07. The Kier molecular flexibility index (Phi) is 3.43. The number of pyridine rings is 1. The Morgan fingerprint density at radius 2 is 1.82 bits per heavy atom. The molecule has 1 aromatic heterocycles. The molecule has 88 valence electrons. The number of nitrogens with zero attached hydrogens (tertiary/aromatic N) is 1. The van der Waals surface area contributed by atoms with Crippen molar-refractivity contribution in [1.29, 1.82) is 0 Å². The van der Waals surface area contributed by atoms with Crippen molar-refractivity contribution in [3.8, 4) is 17.0 Å². The van der Waals surface area contributed by atoms with Crippen LogP contribution in [0.1, 0.15) is 18.2 Å². The van der Waals surface area contributed by atoms with E-state index >= 15 is 0 Å². The maximum absolute atomic E-state index is 5.13. The lowest BCUT2D eigenvalue weighted by atomic mass is 9.97. The summed E-state index contributed by atoms with van der Waals surface area (Å²) in [5.74, 6) is 0.667. The first-order valence-corrected chi connectivity index (χ1v) is 5.86. The number of aromatic nitrogens is 1. The predicted octanol–water partition coefficient (Wildman–Crippen LogP) is 3.63. The van der Waals surface area contributed by atoms with Crippen molar-refractivity contribution in [3.05, 3.63) is 47.7 Å². The lowest BCUT2D eigenvalue weighted by molar-refractivity contribution is 0.397. The Morgan fingerprint density at radius 1 is 1.06 bits per heavy atom. The smallest absolute Gasteiger partial charge is 0.213 e. The molecule has 0 saturated heterocycles. The predicted molar refractivity (Wildman–Crippen MR) is 70.3 cm³/mol. The first-order chi connectivity index (χ1) is 8.26. The minimum absolute atomic E-state index is 0.667. The molecule has 0 N–H and O–H groups in total. The Labute approximate surface area is 102 Å². The fourth-order valence-corrected chi connectivity index (χ4v) is 2.03. The summed E-state index contributed by atoms with van der Waals surface area (Å²) in [6.07, 6.45) is 1.03. The third kappa shape index (κ3) is 2.31. The van der Waals surface area contributed by atoms with Crippen LogP contribution in [0.3, 0.4) is 0 Å². The molecule has 0 unspecified atom stereocenters. The first kappa shape index (κ1) is 11.6. The summed E-state index contributed by atoms with van der Waals surface area (Å²) in [5.41, 5.74) is 4.80. The topological polar surface area (TPSA) is 22.1 Å². The quantitative estimate of drug-likeness (QED) is 0.798. The van der Waals surface area contributed by atoms with Crippen LogP contribution in [-0.4, -0.2) is 12.1 Å². The van der Waals surface area contributed by atoms with Crippen LogP contribution < -0.4 is 4.74 Å². The summed E-state index contributed by atoms with van der Waals surface area (Å²) in [5, 5.41) is 0. The highest BCUT2D eigenvalue weighted by molar-refractivity contribution is 5.69. The van der Waals surface area contributed by atoms with Crippen LogP contribution in [-0.2, 0) is 6.42 Å². The molecular weight excluding hydrogens is 210 g/mol. The zero-order chi connectivity index (χ0) is 12.3. The largest absolute Gasteiger partial charge is 0.481 e. The van der Waals surface area contributed by atoms with Crippen molar-refractivity contribution >= 4 is 0 Å². The van der Waals surface area contributed by atoms with Crippen LogP contribution in [0, 0.1) is 6.92 Å². The van der Waals surface area contributed by atoms with Gasteiger partial charge in [-0.15, -0.1) is 0 Å². The maximum atomic E-state index is 5.13. The van der Waals surface area contributed by atoms with Gasteiger partial charge in [0, 0.05) is 17.3 Å². The number of benzene rings is 1. The monoisotopic (exact) mass is 227 g/mol. The van der Waals surface area contributed by atoms with Gasteiger partial charge in [-0.05, 0) is 30.5 Å². The summed E-state index contributed by atoms with van der Waals surface area (Å²) in [6, 6.07) is 12.4. The fraction of sp³-hybridized carbons (Fsp3) is 0.267. The molecule has 0 radical (unpaired) electrons. The van der Waals surface area contributed by atoms with Gasteiger partial charge in [0.2, 0.25) is 5.88 Å². The van der Waals surface area contributed by atoms with Crippen molar-refractivity contribution < 1.29 is 4.74 Å². The molecule has 0 aliphatic carbocycles. The van der Waals surface area contributed by atoms with E-state index in [-0.39, 0.29) is 0 Å². The molecular formula is C15H17NO. The molecule has 2 nitrogen and oxygen atoms in total. The minimum Gasteiger partial charge on any atom is -0.481 e. The molecule has 1 heterocycles. The van der Waals surface area contributed by atoms with E-state index in [9.17, 15) is 0 Å². The number of ether oxygens (including phenoxy) is 1. The van der Waals surface area contributed by atoms with Gasteiger partial charge in [-0.2, -0.15) is 0 Å². The molecule has 17 heavy (non-hydrogen) atoms. The Morgan fingerprint density at radius 3 is 2.47 bits per heavy atom. The molecule has 0 saturated carbocycles. The standard InChI is InChI=1S/C15H17NO/c1-4-12-7-5-6-8-14(12)13-9-10-15(17-3)16-11(13)2/h5-10H,4H2,1-3H3. The van der Waals surface area contributed by atoms with Gasteiger partial charge in [0.1, 0.15) is 0 Å². The average Bonchev–Trinajstić information content (AvgIpc) is 2.38. The summed E-state index contributed by atoms with van der Waals surface area (Å²) < 4.78 is 5.13. The highest BCUT2D eigenvalue weighted by Crippen LogP contribution is 2.27. The number of aryl methyl sites for hydroxylation is 2. The van der Waals surface area contributed by atoms with Gasteiger partial charge in [-0.1, -0.05) is 31.2 Å². The molecule has 0 amide bonds. The van der Waals surface area contributed by atoms with Gasteiger partial charge in [-0.3, -0.25) is 0 Å². The lowest BCUT2D eigenvalue weighted by Gasteiger charge is -2.11. The van der Waals surface area contributed by atoms with E-state index in [2.05, 4.69) is 42.2 Å². The average molecular weight is 227 g/mol. The second-order valence-corrected chi connectivity index (χ2v) is 4.00. The van der Waals surface area contributed by atoms with Crippen LogP contribution in [0.5, 0.6) is 5.88 Å². The molecule has 0 bridgehead atoms. The van der Waals surface area contributed by atoms with E-state index in [1.165, 1.54) is 16.7 Å². The van der Waals surface area contributed by atoms with Crippen molar-refractivity contribution in [2.45, 2.75) is 20.3 Å². The molecule has 2 rings (SSSR count). The lowest BCUT2D eigenvalue weighted by Crippen LogP contribution is -1.94. The summed E-state index contributed by atoms with van der Waals surface area (Å²) >= 11 is 0. The van der Waals surface area contributed by atoms with E-state index < -0.39 is 0 Å². The zero-order valence-corrected chi connectivity index (χ0v) is 10.5. The third-order valence-corrected chi connectivity index (χ3v) is 2.96. The van der Waals surface area contributed by atoms with Crippen LogP contribution in [0.15, 0.2) is 36.4 Å². The first-order valence-electron chi connectivity index (χ1n) is 5.86. The van der Waals surface area contributed by atoms with Crippen molar-refractivity contribution in [3.63, 3.8) is 0 Å². The second kappa shape index (κ2) is 5.00. The number of methoxy groups -OCH3 is 1. The van der Waals surface area contributed by atoms with Crippen LogP contribution in [0.25, 0.3) is 11.1 Å². The zero-order valence-electron chi connectivity index (χ0n) is 10.5. The fourth-order valence-electron chi connectivity index (χ4n) is 2.03. The van der Waals surface area contributed by atoms with Crippen LogP contribution >= 0.6 is 0 Å². The van der Waals surface area contributed by atoms with Gasteiger partial charge >= 0.3 is 0 Å². The molecule has 0 spiro atoms. The molecule has 2 heteroatoms. The SMILES string of the molecule is CCc1ccccc1-c1ccc(OC)nc1C. The Bertz CT molecular complexity index is 520. The minimum atomic E-state index is 0.667. The van der Waals surface area contributed by atoms with Gasteiger partial charge in [0.05, 0.1) is 7.11 Å². The van der Waals surface area contributed by atoms with E-state index in [0.717, 1.165) is 12.1 Å². The summed E-state index contributed by atoms with van der Waals surface area (Å²) in [4.78, 5) is 4.42. The summed E-state index contributed by atoms with van der Waals surface area (Å²) in [7, 11) is 1.64. The number of hydrogen-bond acceptors (Lipinski definition) is 2. The normalized spacial score (nSPS) is 10.3. The maximum Gasteiger partial charge on any atom is 0.213 e. The Hall–Kier alpha value is -1.83. The third-order valence-electron chi connectivity index (χ3n) is 2.96. The van der Waals surface area contributed by atoms with Crippen molar-refractivity contribution in [1.82, 2.24) is 4.98 Å². The van der Waals surface area contributed by atoms with Gasteiger partial charge < -0.3 is 4.74 Å². The van der Waals surface area contributed by atoms with Gasteiger partial charge in [-0.25, -0.2) is 4.98 Å². The highest BCUT2D eigenvalue weighted by atomic mass is 16.5. The number of rotatable bonds is 3. The molecule has 2 aromatic rings. The molecule has 0 aliphatic rings. The van der Waals surface area contributed by atoms with E-state index in [1.807, 2.05) is 13.0 Å². The van der Waals surface area contributed by atoms with E-state index in [4.69, 9.17) is 4.74 Å². The molecule has 0 atom stereocenters. The van der Waals surface area contributed by atoms with Crippen LogP contribution in [0.2, 0.25) is 0 Å². The molecule has 0 aliphatic heterocycles. The van der Waals surface area contributed by atoms with E-state index in [1.54, 1.807) is 7.11 Å². The Balaban J connectivity index is 2.53. The van der Waals surface area contributed by atoms with Crippen LogP contribution in [0.4, 0.5) is 0 Å². The number of hydrogen-bond donors (Lipinski definition) is 0. The molecule has 1 aromatic carbocycles. The molecule has 0 fully saturated rings. The van der Waals surface area contributed by atoms with Gasteiger partial charge in [0.15, 0.2) is 0 Å². The second-order valence-electron chi connectivity index (χ2n) is 4.00. The van der Waals surface area contributed by atoms with Crippen molar-refractivity contribution in [2.24, 2.45) is 0 Å². The van der Waals surface area contributed by atoms with Gasteiger partial charge in [0.25, 0.3) is 0 Å².